The van der Waals surface area contributed by atoms with Gasteiger partial charge in [-0.2, -0.15) is 0 Å². The van der Waals surface area contributed by atoms with Crippen LogP contribution in [0.25, 0.3) is 6.08 Å². The van der Waals surface area contributed by atoms with Crippen LogP contribution in [0.4, 0.5) is 0 Å². The lowest BCUT2D eigenvalue weighted by atomic mass is 9.49. The van der Waals surface area contributed by atoms with Gasteiger partial charge < -0.3 is 14.9 Å². The van der Waals surface area contributed by atoms with Gasteiger partial charge in [-0.1, -0.05) is 45.4 Å². The molecule has 4 rings (SSSR count). The molecule has 4 atom stereocenters. The third kappa shape index (κ3) is 2.53. The highest BCUT2D eigenvalue weighted by Crippen LogP contribution is 2.78. The van der Waals surface area contributed by atoms with E-state index in [2.05, 4.69) is 27.4 Å². The number of hydrogen-bond donors (Lipinski definition) is 2. The van der Waals surface area contributed by atoms with Crippen LogP contribution in [0, 0.1) is 22.2 Å². The summed E-state index contributed by atoms with van der Waals surface area (Å²) in [6.45, 7) is 11.5. The second-order valence-corrected chi connectivity index (χ2v) is 9.81. The Morgan fingerprint density at radius 3 is 2.64 bits per heavy atom. The highest BCUT2D eigenvalue weighted by atomic mass is 16.5. The molecule has 0 saturated heterocycles. The van der Waals surface area contributed by atoms with E-state index in [-0.39, 0.29) is 45.7 Å². The number of ether oxygens (including phenoxy) is 1. The van der Waals surface area contributed by atoms with Crippen LogP contribution in [0.1, 0.15) is 58.4 Å². The number of aromatic hydroxyl groups is 2. The van der Waals surface area contributed by atoms with Gasteiger partial charge in [-0.05, 0) is 65.7 Å². The number of carbonyl (C=O) groups is 1. The number of esters is 1. The summed E-state index contributed by atoms with van der Waals surface area (Å²) in [6.07, 6.45) is 8.46. The Hall–Kier alpha value is -2.23. The molecule has 3 fully saturated rings. The highest BCUT2D eigenvalue weighted by molar-refractivity contribution is 5.87. The van der Waals surface area contributed by atoms with Gasteiger partial charge >= 0.3 is 5.97 Å². The van der Waals surface area contributed by atoms with Crippen LogP contribution < -0.4 is 0 Å². The van der Waals surface area contributed by atoms with Gasteiger partial charge in [0, 0.05) is 12.0 Å². The summed E-state index contributed by atoms with van der Waals surface area (Å²) in [5.74, 6) is -0.522. The maximum Gasteiger partial charge on any atom is 0.331 e. The van der Waals surface area contributed by atoms with Crippen molar-refractivity contribution in [3.63, 3.8) is 0 Å². The van der Waals surface area contributed by atoms with E-state index >= 15 is 0 Å². The first-order valence-electron chi connectivity index (χ1n) is 10.2. The summed E-state index contributed by atoms with van der Waals surface area (Å²) in [4.78, 5) is 12.5. The van der Waals surface area contributed by atoms with Crippen molar-refractivity contribution in [2.75, 3.05) is 0 Å². The normalized spacial score (nSPS) is 35.9. The van der Waals surface area contributed by atoms with E-state index in [9.17, 15) is 15.0 Å². The SMILES string of the molecule is C=C1CC23CC(OC(=O)C=Cc4ccc(O)c(O)c4)C1C2(C)CCCC3(C)C. The summed E-state index contributed by atoms with van der Waals surface area (Å²) in [7, 11) is 0. The van der Waals surface area contributed by atoms with E-state index in [1.165, 1.54) is 43.0 Å². The van der Waals surface area contributed by atoms with E-state index in [1.807, 2.05) is 0 Å². The summed E-state index contributed by atoms with van der Waals surface area (Å²) >= 11 is 0. The highest BCUT2D eigenvalue weighted by Gasteiger charge is 2.72. The van der Waals surface area contributed by atoms with Crippen molar-refractivity contribution in [3.8, 4) is 11.5 Å². The van der Waals surface area contributed by atoms with E-state index in [0.717, 1.165) is 12.8 Å². The molecule has 0 spiro atoms. The van der Waals surface area contributed by atoms with E-state index in [0.29, 0.717) is 5.56 Å². The molecule has 3 saturated carbocycles. The Morgan fingerprint density at radius 2 is 1.96 bits per heavy atom. The Morgan fingerprint density at radius 1 is 1.21 bits per heavy atom. The van der Waals surface area contributed by atoms with Crippen LogP contribution in [-0.2, 0) is 9.53 Å². The minimum atomic E-state index is -0.368. The Bertz CT molecular complexity index is 867. The van der Waals surface area contributed by atoms with Crippen molar-refractivity contribution in [1.29, 1.82) is 0 Å². The van der Waals surface area contributed by atoms with Crippen LogP contribution >= 0.6 is 0 Å². The number of rotatable bonds is 3. The zero-order valence-corrected chi connectivity index (χ0v) is 17.0. The summed E-state index contributed by atoms with van der Waals surface area (Å²) in [6, 6.07) is 4.44. The first kappa shape index (κ1) is 19.1. The summed E-state index contributed by atoms with van der Waals surface area (Å²) in [5, 5.41) is 19.0. The predicted molar refractivity (Wildman–Crippen MR) is 109 cm³/mol. The van der Waals surface area contributed by atoms with Crippen molar-refractivity contribution in [3.05, 3.63) is 42.0 Å². The largest absolute Gasteiger partial charge is 0.504 e. The van der Waals surface area contributed by atoms with E-state index in [1.54, 1.807) is 12.1 Å². The molecule has 3 aliphatic rings. The summed E-state index contributed by atoms with van der Waals surface area (Å²) < 4.78 is 5.94. The number of carbonyl (C=O) groups excluding carboxylic acids is 1. The minimum absolute atomic E-state index is 0.117. The molecular weight excluding hydrogens is 352 g/mol. The molecular formula is C24H30O4. The maximum atomic E-state index is 12.5. The van der Waals surface area contributed by atoms with Gasteiger partial charge in [0.15, 0.2) is 11.5 Å². The van der Waals surface area contributed by atoms with Crippen molar-refractivity contribution in [2.24, 2.45) is 22.2 Å². The molecule has 3 aliphatic carbocycles. The molecule has 2 bridgehead atoms. The lowest BCUT2D eigenvalue weighted by molar-refractivity contribution is -0.145. The fourth-order valence-corrected chi connectivity index (χ4v) is 6.81. The standard InChI is InChI=1S/C24H30O4/c1-15-13-24-14-19(21(15)23(24,4)11-5-10-22(24,2)3)28-20(27)9-7-16-6-8-17(25)18(26)12-16/h6-9,12,19,21,25-26H,1,5,10-11,13-14H2,2-4H3. The molecule has 0 heterocycles. The van der Waals surface area contributed by atoms with Crippen molar-refractivity contribution < 1.29 is 19.7 Å². The van der Waals surface area contributed by atoms with Gasteiger partial charge in [0.25, 0.3) is 0 Å². The van der Waals surface area contributed by atoms with Crippen LogP contribution in [0.3, 0.4) is 0 Å². The number of hydrogen-bond acceptors (Lipinski definition) is 4. The van der Waals surface area contributed by atoms with Gasteiger partial charge in [-0.3, -0.25) is 0 Å². The number of phenols is 2. The second kappa shape index (κ2) is 6.13. The van der Waals surface area contributed by atoms with Gasteiger partial charge in [-0.15, -0.1) is 0 Å². The Balaban J connectivity index is 1.53. The van der Waals surface area contributed by atoms with Crippen molar-refractivity contribution >= 4 is 12.0 Å². The monoisotopic (exact) mass is 382 g/mol. The molecule has 1 aromatic carbocycles. The zero-order valence-electron chi connectivity index (χ0n) is 17.0. The molecule has 4 nitrogen and oxygen atoms in total. The van der Waals surface area contributed by atoms with Gasteiger partial charge in [0.1, 0.15) is 6.10 Å². The molecule has 28 heavy (non-hydrogen) atoms. The molecule has 150 valence electrons. The fraction of sp³-hybridized carbons (Fsp3) is 0.542. The maximum absolute atomic E-state index is 12.5. The van der Waals surface area contributed by atoms with Gasteiger partial charge in [0.2, 0.25) is 0 Å². The lowest BCUT2D eigenvalue weighted by Crippen LogP contribution is -2.48. The topological polar surface area (TPSA) is 66.8 Å². The lowest BCUT2D eigenvalue weighted by Gasteiger charge is -2.55. The predicted octanol–water partition coefficient (Wildman–Crippen LogP) is 5.21. The third-order valence-electron chi connectivity index (χ3n) is 8.14. The average molecular weight is 383 g/mol. The van der Waals surface area contributed by atoms with E-state index in [4.69, 9.17) is 4.74 Å². The van der Waals surface area contributed by atoms with Gasteiger partial charge in [-0.25, -0.2) is 4.79 Å². The summed E-state index contributed by atoms with van der Waals surface area (Å²) in [5.41, 5.74) is 2.41. The smallest absolute Gasteiger partial charge is 0.331 e. The van der Waals surface area contributed by atoms with Crippen LogP contribution in [0.15, 0.2) is 36.4 Å². The molecule has 1 aromatic rings. The Kier molecular flexibility index (Phi) is 4.18. The molecule has 0 aromatic heterocycles. The van der Waals surface area contributed by atoms with Crippen LogP contribution in [0.2, 0.25) is 0 Å². The average Bonchev–Trinajstić information content (AvgIpc) is 2.99. The van der Waals surface area contributed by atoms with Crippen molar-refractivity contribution in [1.82, 2.24) is 0 Å². The van der Waals surface area contributed by atoms with E-state index < -0.39 is 0 Å². The van der Waals surface area contributed by atoms with Crippen LogP contribution in [-0.4, -0.2) is 22.3 Å². The number of benzene rings is 1. The molecule has 0 aliphatic heterocycles. The first-order chi connectivity index (χ1) is 13.1. The molecule has 2 N–H and O–H groups in total. The van der Waals surface area contributed by atoms with Crippen LogP contribution in [0.5, 0.6) is 11.5 Å². The minimum Gasteiger partial charge on any atom is -0.504 e. The quantitative estimate of drug-likeness (QED) is 0.326. The Labute approximate surface area is 166 Å². The molecule has 0 amide bonds. The number of phenolic OH excluding ortho intramolecular Hbond substituents is 2. The second-order valence-electron chi connectivity index (χ2n) is 9.81. The van der Waals surface area contributed by atoms with Crippen molar-refractivity contribution in [2.45, 2.75) is 59.0 Å². The third-order valence-corrected chi connectivity index (χ3v) is 8.14. The zero-order chi connectivity index (χ0) is 20.3. The van der Waals surface area contributed by atoms with Gasteiger partial charge in [0.05, 0.1) is 0 Å². The fourth-order valence-electron chi connectivity index (χ4n) is 6.81. The molecule has 0 radical (unpaired) electrons. The molecule has 4 unspecified atom stereocenters. The molecule has 4 heteroatoms. The first-order valence-corrected chi connectivity index (χ1v) is 10.2.